The van der Waals surface area contributed by atoms with Crippen molar-refractivity contribution in [2.45, 2.75) is 13.1 Å². The lowest BCUT2D eigenvalue weighted by Gasteiger charge is -2.10. The van der Waals surface area contributed by atoms with Crippen molar-refractivity contribution in [2.24, 2.45) is 12.0 Å². The second-order valence-corrected chi connectivity index (χ2v) is 5.99. The molecule has 0 aliphatic carbocycles. The van der Waals surface area contributed by atoms with E-state index in [0.29, 0.717) is 13.1 Å². The van der Waals surface area contributed by atoms with Crippen molar-refractivity contribution in [1.29, 1.82) is 0 Å². The van der Waals surface area contributed by atoms with Gasteiger partial charge < -0.3 is 15.0 Å². The van der Waals surface area contributed by atoms with Gasteiger partial charge in [0, 0.05) is 37.2 Å². The van der Waals surface area contributed by atoms with Gasteiger partial charge in [-0.2, -0.15) is 5.10 Å². The van der Waals surface area contributed by atoms with Crippen LogP contribution >= 0.6 is 15.9 Å². The lowest BCUT2D eigenvalue weighted by molar-refractivity contribution is 0.684. The number of guanidine groups is 1. The fourth-order valence-electron chi connectivity index (χ4n) is 2.25. The number of nitrogens with one attached hydrogen (secondary N) is 2. The molecule has 0 aliphatic rings. The molecule has 0 amide bonds. The van der Waals surface area contributed by atoms with Crippen LogP contribution in [-0.2, 0) is 20.1 Å². The van der Waals surface area contributed by atoms with Gasteiger partial charge in [-0.25, -0.2) is 4.98 Å². The molecule has 0 spiro atoms. The molecular formula is C15H18BrN7. The number of aryl methyl sites for hydroxylation is 1. The summed E-state index contributed by atoms with van der Waals surface area (Å²) in [6, 6.07) is 5.93. The third-order valence-corrected chi connectivity index (χ3v) is 3.95. The number of imidazole rings is 1. The van der Waals surface area contributed by atoms with Gasteiger partial charge >= 0.3 is 0 Å². The van der Waals surface area contributed by atoms with Crippen molar-refractivity contribution in [3.63, 3.8) is 0 Å². The van der Waals surface area contributed by atoms with Crippen LogP contribution in [0.1, 0.15) is 11.4 Å². The molecule has 0 radical (unpaired) electrons. The van der Waals surface area contributed by atoms with E-state index < -0.39 is 0 Å². The first-order chi connectivity index (χ1) is 11.2. The minimum absolute atomic E-state index is 0.602. The lowest BCUT2D eigenvalue weighted by Crippen LogP contribution is -2.36. The van der Waals surface area contributed by atoms with Crippen molar-refractivity contribution < 1.29 is 0 Å². The molecule has 2 N–H and O–H groups in total. The predicted octanol–water partition coefficient (Wildman–Crippen LogP) is 1.70. The monoisotopic (exact) mass is 375 g/mol. The molecule has 0 aliphatic heterocycles. The number of aliphatic imine (C=N–C) groups is 1. The summed E-state index contributed by atoms with van der Waals surface area (Å²) in [5.74, 6) is 0.726. The summed E-state index contributed by atoms with van der Waals surface area (Å²) in [5, 5.41) is 10.7. The number of hydrogen-bond donors (Lipinski definition) is 2. The molecule has 0 saturated heterocycles. The normalized spacial score (nSPS) is 11.9. The molecule has 3 aromatic rings. The molecule has 0 bridgehead atoms. The second-order valence-electron chi connectivity index (χ2n) is 5.07. The largest absolute Gasteiger partial charge is 0.351 e. The van der Waals surface area contributed by atoms with Gasteiger partial charge in [0.05, 0.1) is 24.5 Å². The molecule has 120 valence electrons. The van der Waals surface area contributed by atoms with Gasteiger partial charge in [-0.15, -0.1) is 0 Å². The van der Waals surface area contributed by atoms with Gasteiger partial charge in [-0.05, 0) is 34.1 Å². The maximum Gasteiger partial charge on any atom is 0.191 e. The van der Waals surface area contributed by atoms with E-state index in [0.717, 1.165) is 27.5 Å². The smallest absolute Gasteiger partial charge is 0.191 e. The first-order valence-corrected chi connectivity index (χ1v) is 7.99. The van der Waals surface area contributed by atoms with E-state index in [9.17, 15) is 0 Å². The Labute approximate surface area is 142 Å². The SMILES string of the molecule is CN=C(NCc1cn2cc(Br)ccc2n1)NCc1ccnn1C. The highest BCUT2D eigenvalue weighted by Crippen LogP contribution is 2.12. The summed E-state index contributed by atoms with van der Waals surface area (Å²) < 4.78 is 4.85. The summed E-state index contributed by atoms with van der Waals surface area (Å²) in [5.41, 5.74) is 2.96. The van der Waals surface area contributed by atoms with E-state index in [1.807, 2.05) is 46.7 Å². The summed E-state index contributed by atoms with van der Waals surface area (Å²) in [6.07, 6.45) is 5.77. The van der Waals surface area contributed by atoms with E-state index in [1.165, 1.54) is 0 Å². The average molecular weight is 376 g/mol. The van der Waals surface area contributed by atoms with Crippen molar-refractivity contribution in [3.8, 4) is 0 Å². The molecule has 8 heteroatoms. The van der Waals surface area contributed by atoms with Crippen LogP contribution in [0.4, 0.5) is 0 Å². The van der Waals surface area contributed by atoms with Gasteiger partial charge in [0.15, 0.2) is 5.96 Å². The first-order valence-electron chi connectivity index (χ1n) is 7.20. The Kier molecular flexibility index (Phi) is 4.61. The van der Waals surface area contributed by atoms with Crippen LogP contribution in [0.3, 0.4) is 0 Å². The van der Waals surface area contributed by atoms with E-state index >= 15 is 0 Å². The molecule has 3 rings (SSSR count). The molecule has 3 aromatic heterocycles. The Morgan fingerprint density at radius 2 is 2.04 bits per heavy atom. The topological polar surface area (TPSA) is 71.5 Å². The molecule has 0 atom stereocenters. The predicted molar refractivity (Wildman–Crippen MR) is 93.1 cm³/mol. The number of nitrogens with zero attached hydrogens (tertiary/aromatic N) is 5. The fourth-order valence-corrected chi connectivity index (χ4v) is 2.60. The first kappa shape index (κ1) is 15.5. The zero-order valence-corrected chi connectivity index (χ0v) is 14.6. The fraction of sp³-hybridized carbons (Fsp3) is 0.267. The van der Waals surface area contributed by atoms with Crippen LogP contribution < -0.4 is 10.6 Å². The van der Waals surface area contributed by atoms with Crippen LogP contribution in [0.15, 0.2) is 46.3 Å². The Bertz CT molecular complexity index is 833. The Morgan fingerprint density at radius 1 is 1.22 bits per heavy atom. The highest BCUT2D eigenvalue weighted by Gasteiger charge is 2.05. The van der Waals surface area contributed by atoms with E-state index in [1.54, 1.807) is 13.2 Å². The molecular weight excluding hydrogens is 358 g/mol. The number of fused-ring (bicyclic) bond motifs is 1. The minimum atomic E-state index is 0.602. The Hall–Kier alpha value is -2.35. The van der Waals surface area contributed by atoms with Crippen molar-refractivity contribution in [3.05, 3.63) is 52.7 Å². The van der Waals surface area contributed by atoms with Crippen LogP contribution in [0.2, 0.25) is 0 Å². The molecule has 0 saturated carbocycles. The third kappa shape index (κ3) is 3.70. The maximum atomic E-state index is 4.57. The molecule has 23 heavy (non-hydrogen) atoms. The highest BCUT2D eigenvalue weighted by molar-refractivity contribution is 9.10. The summed E-state index contributed by atoms with van der Waals surface area (Å²) >= 11 is 3.46. The van der Waals surface area contributed by atoms with Crippen LogP contribution in [0.25, 0.3) is 5.65 Å². The zero-order chi connectivity index (χ0) is 16.2. The molecule has 0 aromatic carbocycles. The standard InChI is InChI=1S/C15H18BrN7/c1-17-15(19-8-13-5-6-20-22(13)2)18-7-12-10-23-9-11(16)3-4-14(23)21-12/h3-6,9-10H,7-8H2,1-2H3,(H2,17,18,19). The van der Waals surface area contributed by atoms with E-state index in [4.69, 9.17) is 0 Å². The zero-order valence-electron chi connectivity index (χ0n) is 13.0. The molecule has 0 unspecified atom stereocenters. The number of hydrogen-bond acceptors (Lipinski definition) is 3. The van der Waals surface area contributed by atoms with E-state index in [-0.39, 0.29) is 0 Å². The van der Waals surface area contributed by atoms with Crippen molar-refractivity contribution >= 4 is 27.5 Å². The Balaban J connectivity index is 1.59. The summed E-state index contributed by atoms with van der Waals surface area (Å²) in [4.78, 5) is 8.79. The number of pyridine rings is 1. The van der Waals surface area contributed by atoms with Crippen molar-refractivity contribution in [1.82, 2.24) is 29.8 Å². The van der Waals surface area contributed by atoms with Crippen LogP contribution in [0.5, 0.6) is 0 Å². The van der Waals surface area contributed by atoms with Crippen LogP contribution in [-0.4, -0.2) is 32.2 Å². The van der Waals surface area contributed by atoms with E-state index in [2.05, 4.69) is 41.6 Å². The molecule has 7 nitrogen and oxygen atoms in total. The summed E-state index contributed by atoms with van der Waals surface area (Å²) in [7, 11) is 3.67. The maximum absolute atomic E-state index is 4.57. The Morgan fingerprint density at radius 3 is 2.78 bits per heavy atom. The van der Waals surface area contributed by atoms with Gasteiger partial charge in [-0.1, -0.05) is 0 Å². The second kappa shape index (κ2) is 6.82. The minimum Gasteiger partial charge on any atom is -0.351 e. The number of aromatic nitrogens is 4. The average Bonchev–Trinajstić information content (AvgIpc) is 3.13. The third-order valence-electron chi connectivity index (χ3n) is 3.48. The van der Waals surface area contributed by atoms with Crippen LogP contribution in [0, 0.1) is 0 Å². The summed E-state index contributed by atoms with van der Waals surface area (Å²) in [6.45, 7) is 1.26. The quantitative estimate of drug-likeness (QED) is 0.537. The molecule has 3 heterocycles. The lowest BCUT2D eigenvalue weighted by atomic mass is 10.4. The van der Waals surface area contributed by atoms with Gasteiger partial charge in [0.25, 0.3) is 0 Å². The van der Waals surface area contributed by atoms with Gasteiger partial charge in [-0.3, -0.25) is 9.67 Å². The van der Waals surface area contributed by atoms with Crippen molar-refractivity contribution in [2.75, 3.05) is 7.05 Å². The highest BCUT2D eigenvalue weighted by atomic mass is 79.9. The number of halogens is 1. The van der Waals surface area contributed by atoms with Gasteiger partial charge in [0.1, 0.15) is 5.65 Å². The van der Waals surface area contributed by atoms with Gasteiger partial charge in [0.2, 0.25) is 0 Å². The number of rotatable bonds is 4. The molecule has 0 fully saturated rings.